The molecule has 0 saturated carbocycles. The highest BCUT2D eigenvalue weighted by Crippen LogP contribution is 2.36. The van der Waals surface area contributed by atoms with E-state index in [9.17, 15) is 0 Å². The first-order chi connectivity index (χ1) is 25.8. The Bertz CT molecular complexity index is 2190. The van der Waals surface area contributed by atoms with Gasteiger partial charge in [0, 0.05) is 17.8 Å². The molecule has 0 bridgehead atoms. The molecule has 0 radical (unpaired) electrons. The fourth-order valence-corrected chi connectivity index (χ4v) is 5.69. The molecule has 6 aromatic carbocycles. The van der Waals surface area contributed by atoms with Gasteiger partial charge in [0.1, 0.15) is 23.0 Å². The van der Waals surface area contributed by atoms with E-state index in [2.05, 4.69) is 48.1 Å². The maximum absolute atomic E-state index is 6.25. The van der Waals surface area contributed by atoms with E-state index in [1.165, 1.54) is 0 Å². The topological polar surface area (TPSA) is 80.1 Å². The first kappa shape index (κ1) is 36.3. The summed E-state index contributed by atoms with van der Waals surface area (Å²) in [6, 6.07) is 43.1. The van der Waals surface area contributed by atoms with Gasteiger partial charge in [0.15, 0.2) is 23.0 Å². The second-order valence-corrected chi connectivity index (χ2v) is 12.6. The van der Waals surface area contributed by atoms with Gasteiger partial charge in [-0.15, -0.1) is 0 Å². The molecule has 0 amide bonds. The summed E-state index contributed by atoms with van der Waals surface area (Å²) in [6.45, 7) is 4.41. The lowest BCUT2D eigenvalue weighted by Crippen LogP contribution is -2.18. The van der Waals surface area contributed by atoms with Crippen LogP contribution in [-0.4, -0.2) is 40.9 Å². The molecule has 0 fully saturated rings. The van der Waals surface area contributed by atoms with Crippen LogP contribution in [0.4, 0.5) is 11.4 Å². The van der Waals surface area contributed by atoms with Crippen molar-refractivity contribution >= 4 is 23.8 Å². The summed E-state index contributed by atoms with van der Waals surface area (Å²) in [7, 11) is 6.46. The third kappa shape index (κ3) is 9.04. The zero-order valence-electron chi connectivity index (χ0n) is 30.7. The van der Waals surface area contributed by atoms with Gasteiger partial charge < -0.3 is 28.4 Å². The molecule has 0 atom stereocenters. The minimum atomic E-state index is -0.284. The van der Waals surface area contributed by atoms with Gasteiger partial charge in [0.2, 0.25) is 0 Å². The Hall–Kier alpha value is -6.54. The third-order valence-corrected chi connectivity index (χ3v) is 8.82. The number of hydrogen-bond donors (Lipinski definition) is 0. The molecule has 0 aromatic heterocycles. The van der Waals surface area contributed by atoms with E-state index in [0.29, 0.717) is 23.0 Å². The van der Waals surface area contributed by atoms with Crippen molar-refractivity contribution in [2.24, 2.45) is 9.98 Å². The van der Waals surface area contributed by atoms with Gasteiger partial charge in [-0.25, -0.2) is 0 Å². The summed E-state index contributed by atoms with van der Waals surface area (Å²) in [4.78, 5) is 9.18. The number of aliphatic imine (C=N–C) groups is 2. The van der Waals surface area contributed by atoms with Crippen LogP contribution in [0.1, 0.15) is 36.1 Å². The maximum Gasteiger partial charge on any atom is 0.161 e. The molecule has 8 nitrogen and oxygen atoms in total. The first-order valence-electron chi connectivity index (χ1n) is 17.1. The second kappa shape index (κ2) is 16.7. The molecule has 8 heteroatoms. The van der Waals surface area contributed by atoms with Gasteiger partial charge >= 0.3 is 0 Å². The Balaban J connectivity index is 1.06. The summed E-state index contributed by atoms with van der Waals surface area (Å²) < 4.78 is 33.8. The van der Waals surface area contributed by atoms with E-state index in [-0.39, 0.29) is 5.41 Å². The standard InChI is InChI=1S/C45H42N2O6/c1-45(2,33-12-18-37(19-13-33)52-38-20-14-35(15-21-38)46-29-31-10-24-41(48-3)43(26-31)50-5)34-8-7-9-40(28-34)53-39-22-16-36(17-23-39)47-30-32-11-25-42(49-4)44(27-32)51-6/h7-30H,1-6H3. The molecule has 0 aliphatic heterocycles. The number of rotatable bonds is 14. The van der Waals surface area contributed by atoms with E-state index >= 15 is 0 Å². The zero-order chi connectivity index (χ0) is 37.2. The number of hydrogen-bond acceptors (Lipinski definition) is 8. The second-order valence-electron chi connectivity index (χ2n) is 12.6. The summed E-state index contributed by atoms with van der Waals surface area (Å²) in [5.41, 5.74) is 5.43. The van der Waals surface area contributed by atoms with Crippen molar-refractivity contribution in [3.63, 3.8) is 0 Å². The average Bonchev–Trinajstić information content (AvgIpc) is 3.20. The van der Waals surface area contributed by atoms with Crippen molar-refractivity contribution in [3.05, 3.63) is 156 Å². The summed E-state index contributed by atoms with van der Waals surface area (Å²) in [6.07, 6.45) is 3.58. The number of ether oxygens (including phenoxy) is 6. The summed E-state index contributed by atoms with van der Waals surface area (Å²) in [5, 5.41) is 0. The molecule has 53 heavy (non-hydrogen) atoms. The molecule has 268 valence electrons. The third-order valence-electron chi connectivity index (χ3n) is 8.82. The summed E-state index contributed by atoms with van der Waals surface area (Å²) in [5.74, 6) is 5.63. The van der Waals surface area contributed by atoms with Crippen molar-refractivity contribution < 1.29 is 28.4 Å². The molecule has 6 aromatic rings. The van der Waals surface area contributed by atoms with E-state index in [4.69, 9.17) is 28.4 Å². The van der Waals surface area contributed by atoms with Gasteiger partial charge in [-0.3, -0.25) is 9.98 Å². The van der Waals surface area contributed by atoms with Crippen LogP contribution in [0.15, 0.2) is 143 Å². The van der Waals surface area contributed by atoms with Crippen LogP contribution in [0.25, 0.3) is 0 Å². The van der Waals surface area contributed by atoms with Gasteiger partial charge in [-0.1, -0.05) is 38.1 Å². The minimum absolute atomic E-state index is 0.284. The van der Waals surface area contributed by atoms with Crippen LogP contribution in [0, 0.1) is 0 Å². The maximum atomic E-state index is 6.25. The van der Waals surface area contributed by atoms with Crippen molar-refractivity contribution in [1.82, 2.24) is 0 Å². The van der Waals surface area contributed by atoms with Crippen LogP contribution < -0.4 is 28.4 Å². The Kier molecular flexibility index (Phi) is 11.4. The molecule has 0 spiro atoms. The van der Waals surface area contributed by atoms with E-state index in [0.717, 1.165) is 56.6 Å². The molecular formula is C45H42N2O6. The van der Waals surface area contributed by atoms with Crippen LogP contribution in [-0.2, 0) is 5.41 Å². The molecule has 0 heterocycles. The quantitative estimate of drug-likeness (QED) is 0.105. The van der Waals surface area contributed by atoms with Crippen LogP contribution in [0.2, 0.25) is 0 Å². The van der Waals surface area contributed by atoms with Gasteiger partial charge in [0.05, 0.1) is 39.8 Å². The Morgan fingerprint density at radius 1 is 0.415 bits per heavy atom. The smallest absolute Gasteiger partial charge is 0.161 e. The fourth-order valence-electron chi connectivity index (χ4n) is 5.69. The number of benzene rings is 6. The van der Waals surface area contributed by atoms with Gasteiger partial charge in [0.25, 0.3) is 0 Å². The predicted molar refractivity (Wildman–Crippen MR) is 212 cm³/mol. The highest BCUT2D eigenvalue weighted by Gasteiger charge is 2.24. The Labute approximate surface area is 310 Å². The molecule has 0 N–H and O–H groups in total. The Morgan fingerprint density at radius 2 is 0.849 bits per heavy atom. The molecular weight excluding hydrogens is 665 g/mol. The van der Waals surface area contributed by atoms with Gasteiger partial charge in [-0.2, -0.15) is 0 Å². The number of methoxy groups -OCH3 is 4. The lowest BCUT2D eigenvalue weighted by Gasteiger charge is -2.27. The molecule has 6 rings (SSSR count). The summed E-state index contributed by atoms with van der Waals surface area (Å²) >= 11 is 0. The normalized spacial score (nSPS) is 11.4. The highest BCUT2D eigenvalue weighted by molar-refractivity contribution is 5.84. The lowest BCUT2D eigenvalue weighted by molar-refractivity contribution is 0.355. The number of nitrogens with zero attached hydrogens (tertiary/aromatic N) is 2. The van der Waals surface area contributed by atoms with E-state index in [1.54, 1.807) is 40.9 Å². The van der Waals surface area contributed by atoms with Crippen molar-refractivity contribution in [2.75, 3.05) is 28.4 Å². The van der Waals surface area contributed by atoms with Crippen LogP contribution in [0.5, 0.6) is 46.0 Å². The SMILES string of the molecule is COc1ccc(C=Nc2ccc(Oc3ccc(C(C)(C)c4cccc(Oc5ccc(N=Cc6ccc(OC)c(OC)c6)cc5)c4)cc3)cc2)cc1OC. The zero-order valence-corrected chi connectivity index (χ0v) is 30.7. The lowest BCUT2D eigenvalue weighted by atomic mass is 9.78. The first-order valence-corrected chi connectivity index (χ1v) is 17.1. The van der Waals surface area contributed by atoms with Crippen molar-refractivity contribution in [1.29, 1.82) is 0 Å². The monoisotopic (exact) mass is 706 g/mol. The fraction of sp³-hybridized carbons (Fsp3) is 0.156. The van der Waals surface area contributed by atoms with E-state index < -0.39 is 0 Å². The highest BCUT2D eigenvalue weighted by atomic mass is 16.5. The van der Waals surface area contributed by atoms with Crippen molar-refractivity contribution in [3.8, 4) is 46.0 Å². The molecule has 0 aliphatic rings. The largest absolute Gasteiger partial charge is 0.493 e. The van der Waals surface area contributed by atoms with Crippen molar-refractivity contribution in [2.45, 2.75) is 19.3 Å². The van der Waals surface area contributed by atoms with E-state index in [1.807, 2.05) is 109 Å². The predicted octanol–water partition coefficient (Wildman–Crippen LogP) is 11.1. The molecule has 0 aliphatic carbocycles. The van der Waals surface area contributed by atoms with Crippen LogP contribution >= 0.6 is 0 Å². The van der Waals surface area contributed by atoms with Gasteiger partial charge in [-0.05, 0) is 131 Å². The molecule has 0 saturated heterocycles. The molecule has 0 unspecified atom stereocenters. The van der Waals surface area contributed by atoms with Crippen LogP contribution in [0.3, 0.4) is 0 Å². The minimum Gasteiger partial charge on any atom is -0.493 e. The average molecular weight is 707 g/mol. The Morgan fingerprint density at radius 3 is 1.30 bits per heavy atom.